The predicted molar refractivity (Wildman–Crippen MR) is 80.6 cm³/mol. The number of amides is 1. The van der Waals surface area contributed by atoms with E-state index in [2.05, 4.69) is 5.32 Å². The summed E-state index contributed by atoms with van der Waals surface area (Å²) >= 11 is 5.96. The number of carbonyl (C=O) groups is 1. The van der Waals surface area contributed by atoms with Crippen molar-refractivity contribution in [2.24, 2.45) is 0 Å². The summed E-state index contributed by atoms with van der Waals surface area (Å²) in [6, 6.07) is 9.30. The molecule has 0 radical (unpaired) electrons. The first-order chi connectivity index (χ1) is 10.1. The van der Waals surface area contributed by atoms with E-state index >= 15 is 0 Å². The first-order valence-corrected chi connectivity index (χ1v) is 6.45. The average molecular weight is 308 g/mol. The molecule has 2 rings (SSSR count). The summed E-state index contributed by atoms with van der Waals surface area (Å²) in [4.78, 5) is 12.3. The lowest BCUT2D eigenvalue weighted by Crippen LogP contribution is -2.13. The number of phenolic OH excluding ortho intramolecular Hbond substituents is 1. The topological polar surface area (TPSA) is 67.8 Å². The molecule has 0 unspecified atom stereocenters. The number of phenols is 1. The van der Waals surface area contributed by atoms with Crippen LogP contribution in [-0.2, 0) is 0 Å². The third kappa shape index (κ3) is 3.20. The van der Waals surface area contributed by atoms with Crippen LogP contribution in [0.15, 0.2) is 36.4 Å². The third-order valence-corrected chi connectivity index (χ3v) is 3.16. The standard InChI is InChI=1S/C15H14ClNO4/c1-20-13-5-3-4-10(14(13)21-2)15(19)17-12-7-6-9(18)8-11(12)16/h3-8,18H,1-2H3,(H,17,19). The molecule has 0 saturated heterocycles. The van der Waals surface area contributed by atoms with E-state index in [1.165, 1.54) is 32.4 Å². The molecule has 0 spiro atoms. The summed E-state index contributed by atoms with van der Waals surface area (Å²) in [7, 11) is 2.96. The van der Waals surface area contributed by atoms with Gasteiger partial charge in [0.25, 0.3) is 5.91 Å². The van der Waals surface area contributed by atoms with Crippen molar-refractivity contribution in [1.82, 2.24) is 0 Å². The molecule has 0 bridgehead atoms. The molecule has 0 aliphatic carbocycles. The predicted octanol–water partition coefficient (Wildman–Crippen LogP) is 3.32. The van der Waals surface area contributed by atoms with Gasteiger partial charge in [0.15, 0.2) is 11.5 Å². The molecule has 2 aromatic rings. The molecule has 0 aliphatic heterocycles. The summed E-state index contributed by atoms with van der Waals surface area (Å²) in [5.74, 6) is 0.435. The highest BCUT2D eigenvalue weighted by Gasteiger charge is 2.17. The number of methoxy groups -OCH3 is 2. The molecule has 2 N–H and O–H groups in total. The van der Waals surface area contributed by atoms with Gasteiger partial charge in [-0.3, -0.25) is 4.79 Å². The summed E-state index contributed by atoms with van der Waals surface area (Å²) in [5.41, 5.74) is 0.713. The fourth-order valence-corrected chi connectivity index (χ4v) is 2.08. The Balaban J connectivity index is 2.32. The average Bonchev–Trinajstić information content (AvgIpc) is 2.49. The third-order valence-electron chi connectivity index (χ3n) is 2.85. The molecule has 110 valence electrons. The summed E-state index contributed by atoms with van der Waals surface area (Å²) < 4.78 is 10.4. The van der Waals surface area contributed by atoms with Gasteiger partial charge < -0.3 is 19.9 Å². The molecule has 0 heterocycles. The minimum absolute atomic E-state index is 0.0250. The lowest BCUT2D eigenvalue weighted by atomic mass is 10.1. The van der Waals surface area contributed by atoms with Crippen molar-refractivity contribution in [3.8, 4) is 17.2 Å². The number of nitrogens with one attached hydrogen (secondary N) is 1. The van der Waals surface area contributed by atoms with Gasteiger partial charge in [-0.05, 0) is 24.3 Å². The van der Waals surface area contributed by atoms with Gasteiger partial charge in [0.2, 0.25) is 0 Å². The van der Waals surface area contributed by atoms with Gasteiger partial charge in [-0.15, -0.1) is 0 Å². The van der Waals surface area contributed by atoms with E-state index in [4.69, 9.17) is 21.1 Å². The Morgan fingerprint density at radius 2 is 1.95 bits per heavy atom. The largest absolute Gasteiger partial charge is 0.508 e. The summed E-state index contributed by atoms with van der Waals surface area (Å²) in [5, 5.41) is 12.2. The maximum Gasteiger partial charge on any atom is 0.259 e. The summed E-state index contributed by atoms with van der Waals surface area (Å²) in [6.45, 7) is 0. The van der Waals surface area contributed by atoms with E-state index in [0.29, 0.717) is 22.7 Å². The first kappa shape index (κ1) is 15.0. The molecule has 1 amide bonds. The smallest absolute Gasteiger partial charge is 0.259 e. The van der Waals surface area contributed by atoms with Crippen molar-refractivity contribution in [3.05, 3.63) is 47.0 Å². The van der Waals surface area contributed by atoms with E-state index in [-0.39, 0.29) is 10.8 Å². The van der Waals surface area contributed by atoms with Crippen molar-refractivity contribution in [2.75, 3.05) is 19.5 Å². The second kappa shape index (κ2) is 6.37. The van der Waals surface area contributed by atoms with Crippen LogP contribution in [0.1, 0.15) is 10.4 Å². The highest BCUT2D eigenvalue weighted by molar-refractivity contribution is 6.34. The first-order valence-electron chi connectivity index (χ1n) is 6.07. The van der Waals surface area contributed by atoms with E-state index in [0.717, 1.165) is 0 Å². The SMILES string of the molecule is COc1cccc(C(=O)Nc2ccc(O)cc2Cl)c1OC. The van der Waals surface area contributed by atoms with Crippen molar-refractivity contribution in [2.45, 2.75) is 0 Å². The van der Waals surface area contributed by atoms with Crippen molar-refractivity contribution in [1.29, 1.82) is 0 Å². The number of rotatable bonds is 4. The highest BCUT2D eigenvalue weighted by atomic mass is 35.5. The number of aromatic hydroxyl groups is 1. The van der Waals surface area contributed by atoms with Gasteiger partial charge in [0, 0.05) is 6.07 Å². The molecule has 5 nitrogen and oxygen atoms in total. The Kier molecular flexibility index (Phi) is 4.55. The maximum atomic E-state index is 12.3. The van der Waals surface area contributed by atoms with Gasteiger partial charge in [-0.25, -0.2) is 0 Å². The van der Waals surface area contributed by atoms with Gasteiger partial charge >= 0.3 is 0 Å². The van der Waals surface area contributed by atoms with Crippen LogP contribution in [0.25, 0.3) is 0 Å². The van der Waals surface area contributed by atoms with Crippen LogP contribution in [-0.4, -0.2) is 25.2 Å². The second-order valence-corrected chi connectivity index (χ2v) is 4.57. The molecule has 0 saturated carbocycles. The Bertz CT molecular complexity index is 673. The number of benzene rings is 2. The number of hydrogen-bond donors (Lipinski definition) is 2. The lowest BCUT2D eigenvalue weighted by Gasteiger charge is -2.13. The number of ether oxygens (including phenoxy) is 2. The summed E-state index contributed by atoms with van der Waals surface area (Å²) in [6.07, 6.45) is 0. The monoisotopic (exact) mass is 307 g/mol. The molecule has 6 heteroatoms. The van der Waals surface area contributed by atoms with Gasteiger partial charge in [-0.2, -0.15) is 0 Å². The fourth-order valence-electron chi connectivity index (χ4n) is 1.86. The zero-order valence-electron chi connectivity index (χ0n) is 11.5. The highest BCUT2D eigenvalue weighted by Crippen LogP contribution is 2.32. The van der Waals surface area contributed by atoms with E-state index in [1.807, 2.05) is 0 Å². The van der Waals surface area contributed by atoms with E-state index in [9.17, 15) is 9.90 Å². The molecule has 0 aliphatic rings. The minimum Gasteiger partial charge on any atom is -0.508 e. The Hall–Kier alpha value is -2.40. The number of halogens is 1. The molecule has 2 aromatic carbocycles. The Morgan fingerprint density at radius 1 is 1.19 bits per heavy atom. The zero-order chi connectivity index (χ0) is 15.4. The normalized spacial score (nSPS) is 10.0. The van der Waals surface area contributed by atoms with Crippen molar-refractivity contribution < 1.29 is 19.4 Å². The molecule has 21 heavy (non-hydrogen) atoms. The number of carbonyl (C=O) groups excluding carboxylic acids is 1. The van der Waals surface area contributed by atoms with Gasteiger partial charge in [0.1, 0.15) is 5.75 Å². The molecular formula is C15H14ClNO4. The second-order valence-electron chi connectivity index (χ2n) is 4.16. The van der Waals surface area contributed by atoms with Gasteiger partial charge in [0.05, 0.1) is 30.5 Å². The van der Waals surface area contributed by atoms with Crippen molar-refractivity contribution in [3.63, 3.8) is 0 Å². The fraction of sp³-hybridized carbons (Fsp3) is 0.133. The Labute approximate surface area is 127 Å². The van der Waals surface area contributed by atoms with E-state index < -0.39 is 5.91 Å². The molecule has 0 aromatic heterocycles. The van der Waals surface area contributed by atoms with Crippen LogP contribution in [0.2, 0.25) is 5.02 Å². The van der Waals surface area contributed by atoms with Crippen LogP contribution in [0.5, 0.6) is 17.2 Å². The van der Waals surface area contributed by atoms with E-state index in [1.54, 1.807) is 18.2 Å². The quantitative estimate of drug-likeness (QED) is 0.850. The minimum atomic E-state index is -0.390. The van der Waals surface area contributed by atoms with Crippen LogP contribution < -0.4 is 14.8 Å². The number of hydrogen-bond acceptors (Lipinski definition) is 4. The maximum absolute atomic E-state index is 12.3. The number of anilines is 1. The van der Waals surface area contributed by atoms with Crippen LogP contribution in [0, 0.1) is 0 Å². The molecular weight excluding hydrogens is 294 g/mol. The molecule has 0 atom stereocenters. The van der Waals surface area contributed by atoms with Crippen LogP contribution in [0.4, 0.5) is 5.69 Å². The van der Waals surface area contributed by atoms with Crippen LogP contribution >= 0.6 is 11.6 Å². The number of para-hydroxylation sites is 1. The zero-order valence-corrected chi connectivity index (χ0v) is 12.3. The van der Waals surface area contributed by atoms with Crippen molar-refractivity contribution >= 4 is 23.2 Å². The Morgan fingerprint density at radius 3 is 2.57 bits per heavy atom. The van der Waals surface area contributed by atoms with Crippen LogP contribution in [0.3, 0.4) is 0 Å². The lowest BCUT2D eigenvalue weighted by molar-refractivity contribution is 0.102. The van der Waals surface area contributed by atoms with Gasteiger partial charge in [-0.1, -0.05) is 17.7 Å². The molecule has 0 fully saturated rings.